The van der Waals surface area contributed by atoms with Crippen molar-refractivity contribution in [1.29, 1.82) is 0 Å². The highest BCUT2D eigenvalue weighted by molar-refractivity contribution is 5.68. The van der Waals surface area contributed by atoms with Gasteiger partial charge >= 0.3 is 0 Å². The topological polar surface area (TPSA) is 44.2 Å². The molecule has 4 nitrogen and oxygen atoms in total. The summed E-state index contributed by atoms with van der Waals surface area (Å²) >= 11 is 0. The monoisotopic (exact) mass is 530 g/mol. The molecule has 0 spiro atoms. The second-order valence-corrected chi connectivity index (χ2v) is 10.9. The first kappa shape index (κ1) is 30.8. The van der Waals surface area contributed by atoms with Crippen molar-refractivity contribution < 1.29 is 9.47 Å². The molecule has 0 aliphatic rings. The molecule has 1 atom stereocenters. The first-order chi connectivity index (χ1) is 19.2. The summed E-state index contributed by atoms with van der Waals surface area (Å²) in [5.41, 5.74) is 4.61. The Morgan fingerprint density at radius 2 is 1.15 bits per heavy atom. The number of unbranched alkanes of at least 4 members (excludes halogenated alkanes) is 9. The van der Waals surface area contributed by atoms with E-state index in [0.717, 1.165) is 43.2 Å². The van der Waals surface area contributed by atoms with Crippen LogP contribution in [0, 0.1) is 5.92 Å². The maximum atomic E-state index is 6.01. The molecule has 3 rings (SSSR count). The Kier molecular flexibility index (Phi) is 14.7. The van der Waals surface area contributed by atoms with E-state index < -0.39 is 0 Å². The summed E-state index contributed by atoms with van der Waals surface area (Å²) in [6, 6.07) is 16.8. The largest absolute Gasteiger partial charge is 0.493 e. The van der Waals surface area contributed by atoms with Crippen LogP contribution in [0.3, 0.4) is 0 Å². The fourth-order valence-electron chi connectivity index (χ4n) is 4.68. The lowest BCUT2D eigenvalue weighted by atomic mass is 10.0. The number of aromatic nitrogens is 2. The van der Waals surface area contributed by atoms with E-state index in [9.17, 15) is 0 Å². The van der Waals surface area contributed by atoms with E-state index in [4.69, 9.17) is 9.47 Å². The molecule has 0 bridgehead atoms. The lowest BCUT2D eigenvalue weighted by molar-refractivity contribution is 0.0823. The minimum absolute atomic E-state index is 0.374. The Labute approximate surface area is 237 Å². The molecule has 0 fully saturated rings. The van der Waals surface area contributed by atoms with Crippen molar-refractivity contribution in [3.05, 3.63) is 66.5 Å². The first-order valence-electron chi connectivity index (χ1n) is 15.4. The molecule has 1 unspecified atom stereocenters. The van der Waals surface area contributed by atoms with Crippen LogP contribution in [0.15, 0.2) is 60.9 Å². The zero-order chi connectivity index (χ0) is 27.5. The van der Waals surface area contributed by atoms with E-state index in [2.05, 4.69) is 79.3 Å². The van der Waals surface area contributed by atoms with Crippen molar-refractivity contribution in [3.8, 4) is 28.3 Å². The van der Waals surface area contributed by atoms with Crippen molar-refractivity contribution in [1.82, 2.24) is 9.97 Å². The second kappa shape index (κ2) is 18.5. The molecule has 0 amide bonds. The van der Waals surface area contributed by atoms with Crippen LogP contribution in [-0.4, -0.2) is 29.8 Å². The normalized spacial score (nSPS) is 12.0. The van der Waals surface area contributed by atoms with Gasteiger partial charge in [-0.15, -0.1) is 0 Å². The predicted octanol–water partition coefficient (Wildman–Crippen LogP) is 9.72. The van der Waals surface area contributed by atoms with Gasteiger partial charge in [0, 0.05) is 30.5 Å². The van der Waals surface area contributed by atoms with Gasteiger partial charge in [0.2, 0.25) is 0 Å². The molecule has 39 heavy (non-hydrogen) atoms. The van der Waals surface area contributed by atoms with Gasteiger partial charge < -0.3 is 9.47 Å². The third kappa shape index (κ3) is 11.9. The van der Waals surface area contributed by atoms with Crippen molar-refractivity contribution >= 4 is 0 Å². The summed E-state index contributed by atoms with van der Waals surface area (Å²) in [5.74, 6) is 2.06. The number of aryl methyl sites for hydroxylation is 1. The molecule has 4 heteroatoms. The summed E-state index contributed by atoms with van der Waals surface area (Å²) in [6.45, 7) is 8.98. The number of rotatable bonds is 20. The fourth-order valence-corrected chi connectivity index (χ4v) is 4.68. The van der Waals surface area contributed by atoms with Gasteiger partial charge in [-0.1, -0.05) is 115 Å². The van der Waals surface area contributed by atoms with Crippen LogP contribution >= 0.6 is 0 Å². The highest BCUT2D eigenvalue weighted by Crippen LogP contribution is 2.25. The van der Waals surface area contributed by atoms with Gasteiger partial charge in [-0.2, -0.15) is 0 Å². The Balaban J connectivity index is 1.38. The van der Waals surface area contributed by atoms with Gasteiger partial charge in [0.25, 0.3) is 0 Å². The molecule has 0 N–H and O–H groups in total. The highest BCUT2D eigenvalue weighted by Gasteiger charge is 2.06. The zero-order valence-electron chi connectivity index (χ0n) is 24.7. The van der Waals surface area contributed by atoms with Crippen LogP contribution in [0.4, 0.5) is 0 Å². The number of hydrogen-bond donors (Lipinski definition) is 0. The molecule has 3 aromatic rings. The van der Waals surface area contributed by atoms with Gasteiger partial charge in [-0.3, -0.25) is 0 Å². The lowest BCUT2D eigenvalue weighted by Gasteiger charge is -2.14. The van der Waals surface area contributed by atoms with Gasteiger partial charge in [0.05, 0.1) is 13.2 Å². The van der Waals surface area contributed by atoms with Crippen molar-refractivity contribution in [3.63, 3.8) is 0 Å². The van der Waals surface area contributed by atoms with Gasteiger partial charge in [0.15, 0.2) is 5.82 Å². The molecule has 0 radical (unpaired) electrons. The molecule has 0 saturated heterocycles. The Morgan fingerprint density at radius 1 is 0.615 bits per heavy atom. The second-order valence-electron chi connectivity index (χ2n) is 10.9. The Bertz CT molecular complexity index is 1020. The quantitative estimate of drug-likeness (QED) is 0.136. The number of nitrogens with zero attached hydrogens (tertiary/aromatic N) is 2. The molecular formula is C35H50N2O2. The molecule has 0 aliphatic carbocycles. The SMILES string of the molecule is CCCCCCCCOCC(C)COc1ccc(-c2ccc(-c3ncc(CCCCCCC)cn3)cc2)cc1. The van der Waals surface area contributed by atoms with Crippen LogP contribution in [0.1, 0.15) is 97.0 Å². The Morgan fingerprint density at radius 3 is 1.79 bits per heavy atom. The van der Waals surface area contributed by atoms with Crippen LogP contribution in [0.5, 0.6) is 5.75 Å². The average Bonchev–Trinajstić information content (AvgIpc) is 2.98. The van der Waals surface area contributed by atoms with Gasteiger partial charge in [-0.25, -0.2) is 9.97 Å². The maximum Gasteiger partial charge on any atom is 0.159 e. The summed E-state index contributed by atoms with van der Waals surface area (Å²) < 4.78 is 11.9. The van der Waals surface area contributed by atoms with Crippen LogP contribution in [-0.2, 0) is 11.2 Å². The number of hydrogen-bond acceptors (Lipinski definition) is 4. The van der Waals surface area contributed by atoms with Crippen molar-refractivity contribution in [2.45, 2.75) is 97.8 Å². The average molecular weight is 531 g/mol. The van der Waals surface area contributed by atoms with E-state index in [1.54, 1.807) is 0 Å². The van der Waals surface area contributed by atoms with Gasteiger partial charge in [-0.05, 0) is 48.1 Å². The molecule has 0 aliphatic heterocycles. The lowest BCUT2D eigenvalue weighted by Crippen LogP contribution is -2.15. The third-order valence-electron chi connectivity index (χ3n) is 7.18. The van der Waals surface area contributed by atoms with E-state index in [-0.39, 0.29) is 0 Å². The predicted molar refractivity (Wildman–Crippen MR) is 164 cm³/mol. The van der Waals surface area contributed by atoms with Crippen LogP contribution in [0.2, 0.25) is 0 Å². The van der Waals surface area contributed by atoms with Crippen LogP contribution < -0.4 is 4.74 Å². The van der Waals surface area contributed by atoms with Crippen molar-refractivity contribution in [2.24, 2.45) is 5.92 Å². The van der Waals surface area contributed by atoms with E-state index in [1.165, 1.54) is 80.9 Å². The number of benzene rings is 2. The standard InChI is InChI=1S/C35H50N2O2/c1-4-6-8-10-12-14-24-38-27-29(3)28-39-34-22-20-32(21-23-34)31-16-18-33(19-17-31)35-36-25-30(26-37-35)15-13-11-9-7-5-2/h16-23,25-26,29H,4-15,24,27-28H2,1-3H3. The Hall–Kier alpha value is -2.72. The smallest absolute Gasteiger partial charge is 0.159 e. The minimum atomic E-state index is 0.374. The molecule has 212 valence electrons. The summed E-state index contributed by atoms with van der Waals surface area (Å²) in [7, 11) is 0. The summed E-state index contributed by atoms with van der Waals surface area (Å²) in [6.07, 6.45) is 19.3. The maximum absolute atomic E-state index is 6.01. The van der Waals surface area contributed by atoms with E-state index in [0.29, 0.717) is 12.5 Å². The summed E-state index contributed by atoms with van der Waals surface area (Å²) in [5, 5.41) is 0. The van der Waals surface area contributed by atoms with E-state index in [1.807, 2.05) is 12.4 Å². The fraction of sp³-hybridized carbons (Fsp3) is 0.543. The number of ether oxygens (including phenoxy) is 2. The van der Waals surface area contributed by atoms with Crippen molar-refractivity contribution in [2.75, 3.05) is 19.8 Å². The van der Waals surface area contributed by atoms with E-state index >= 15 is 0 Å². The molecule has 2 aromatic carbocycles. The zero-order valence-corrected chi connectivity index (χ0v) is 24.7. The van der Waals surface area contributed by atoms with Crippen LogP contribution in [0.25, 0.3) is 22.5 Å². The molecule has 0 saturated carbocycles. The minimum Gasteiger partial charge on any atom is -0.493 e. The highest BCUT2D eigenvalue weighted by atomic mass is 16.5. The molecular weight excluding hydrogens is 480 g/mol. The molecule has 1 aromatic heterocycles. The summed E-state index contributed by atoms with van der Waals surface area (Å²) in [4.78, 5) is 9.23. The van der Waals surface area contributed by atoms with Gasteiger partial charge in [0.1, 0.15) is 5.75 Å². The molecule has 1 heterocycles. The first-order valence-corrected chi connectivity index (χ1v) is 15.4. The third-order valence-corrected chi connectivity index (χ3v) is 7.18.